The number of carbonyl (C=O) groups is 1. The average Bonchev–Trinajstić information content (AvgIpc) is 2.28. The van der Waals surface area contributed by atoms with Crippen molar-refractivity contribution < 1.29 is 36.6 Å². The van der Waals surface area contributed by atoms with Crippen LogP contribution in [0.5, 0.6) is 5.75 Å². The summed E-state index contributed by atoms with van der Waals surface area (Å²) in [5.74, 6) is -2.21. The second-order valence-electron chi connectivity index (χ2n) is 3.56. The molecule has 1 aromatic carbocycles. The maximum Gasteiger partial charge on any atom is 0.446 e. The first kappa shape index (κ1) is 17.0. The van der Waals surface area contributed by atoms with E-state index in [1.165, 1.54) is 6.07 Å². The molecule has 0 saturated carbocycles. The molecule has 0 heterocycles. The minimum Gasteiger partial charge on any atom is -0.481 e. The number of alkyl halides is 5. The molecule has 1 N–H and O–H groups in total. The van der Waals surface area contributed by atoms with Gasteiger partial charge in [0.15, 0.2) is 0 Å². The first-order valence-corrected chi connectivity index (χ1v) is 5.93. The van der Waals surface area contributed by atoms with Crippen LogP contribution in [0.25, 0.3) is 0 Å². The number of hydrogen-bond donors (Lipinski definition) is 1. The van der Waals surface area contributed by atoms with E-state index < -0.39 is 58.0 Å². The summed E-state index contributed by atoms with van der Waals surface area (Å²) in [6, 6.07) is 2.87. The van der Waals surface area contributed by atoms with Crippen LogP contribution in [0.2, 0.25) is 0 Å². The fourth-order valence-corrected chi connectivity index (χ4v) is 2.06. The van der Waals surface area contributed by atoms with Crippen LogP contribution in [0.15, 0.2) is 17.0 Å². The summed E-state index contributed by atoms with van der Waals surface area (Å²) in [7, 11) is 0. The second kappa shape index (κ2) is 6.62. The van der Waals surface area contributed by atoms with Crippen LogP contribution in [0.4, 0.5) is 22.0 Å². The molecule has 1 aromatic rings. The van der Waals surface area contributed by atoms with Gasteiger partial charge in [-0.1, -0.05) is 0 Å². The zero-order chi connectivity index (χ0) is 16.2. The number of carboxylic acid groups (broad SMARTS) is 1. The maximum atomic E-state index is 12.3. The Balaban J connectivity index is 3.35. The van der Waals surface area contributed by atoms with E-state index in [1.54, 1.807) is 0 Å². The van der Waals surface area contributed by atoms with Gasteiger partial charge in [-0.25, -0.2) is 0 Å². The molecule has 21 heavy (non-hydrogen) atoms. The number of halogens is 5. The highest BCUT2D eigenvalue weighted by atomic mass is 32.2. The Labute approximate surface area is 119 Å². The minimum absolute atomic E-state index is 0.406. The highest BCUT2D eigenvalue weighted by Crippen LogP contribution is 2.40. The molecule has 114 valence electrons. The largest absolute Gasteiger partial charge is 0.481 e. The monoisotopic (exact) mass is 327 g/mol. The second-order valence-corrected chi connectivity index (χ2v) is 4.69. The zero-order valence-corrected chi connectivity index (χ0v) is 10.8. The number of aliphatic carboxylic acids is 1. The Morgan fingerprint density at radius 3 is 2.48 bits per heavy atom. The number of ether oxygens (including phenoxy) is 1. The Morgan fingerprint density at radius 1 is 1.43 bits per heavy atom. The van der Waals surface area contributed by atoms with Gasteiger partial charge in [-0.3, -0.25) is 4.79 Å². The molecule has 0 aromatic heterocycles. The van der Waals surface area contributed by atoms with E-state index in [-0.39, 0.29) is 0 Å². The van der Waals surface area contributed by atoms with Crippen LogP contribution in [0.1, 0.15) is 11.1 Å². The Morgan fingerprint density at radius 2 is 2.05 bits per heavy atom. The van der Waals surface area contributed by atoms with Crippen molar-refractivity contribution in [1.82, 2.24) is 0 Å². The quantitative estimate of drug-likeness (QED) is 0.663. The van der Waals surface area contributed by atoms with Crippen LogP contribution in [-0.2, 0) is 11.2 Å². The van der Waals surface area contributed by atoms with E-state index in [9.17, 15) is 26.7 Å². The van der Waals surface area contributed by atoms with E-state index in [0.29, 0.717) is 6.07 Å². The number of carboxylic acids is 1. The highest BCUT2D eigenvalue weighted by molar-refractivity contribution is 8.00. The molecule has 0 unspecified atom stereocenters. The lowest BCUT2D eigenvalue weighted by atomic mass is 10.0. The van der Waals surface area contributed by atoms with Crippen molar-refractivity contribution in [3.8, 4) is 11.8 Å². The Kier molecular flexibility index (Phi) is 5.37. The molecule has 0 spiro atoms. The molecule has 0 bridgehead atoms. The van der Waals surface area contributed by atoms with Gasteiger partial charge in [0.2, 0.25) is 0 Å². The highest BCUT2D eigenvalue weighted by Gasteiger charge is 2.30. The van der Waals surface area contributed by atoms with Crippen molar-refractivity contribution in [2.45, 2.75) is 23.4 Å². The number of thioether (sulfide) groups is 1. The molecule has 0 saturated heterocycles. The number of rotatable bonds is 5. The summed E-state index contributed by atoms with van der Waals surface area (Å²) in [6.07, 6.45) is -0.831. The van der Waals surface area contributed by atoms with Crippen LogP contribution in [0.3, 0.4) is 0 Å². The predicted molar refractivity (Wildman–Crippen MR) is 61.0 cm³/mol. The summed E-state index contributed by atoms with van der Waals surface area (Å²) in [5.41, 5.74) is -5.57. The van der Waals surface area contributed by atoms with Crippen molar-refractivity contribution in [3.05, 3.63) is 23.3 Å². The van der Waals surface area contributed by atoms with E-state index in [2.05, 4.69) is 4.74 Å². The van der Waals surface area contributed by atoms with E-state index in [1.807, 2.05) is 0 Å². The van der Waals surface area contributed by atoms with Gasteiger partial charge in [0, 0.05) is 10.5 Å². The smallest absolute Gasteiger partial charge is 0.446 e. The van der Waals surface area contributed by atoms with E-state index in [4.69, 9.17) is 10.4 Å². The molecule has 4 nitrogen and oxygen atoms in total. The van der Waals surface area contributed by atoms with E-state index >= 15 is 0 Å². The number of nitriles is 1. The summed E-state index contributed by atoms with van der Waals surface area (Å²) >= 11 is -0.624. The molecule has 0 fully saturated rings. The fourth-order valence-electron chi connectivity index (χ4n) is 1.45. The minimum atomic E-state index is -4.69. The lowest BCUT2D eigenvalue weighted by Crippen LogP contribution is -2.10. The van der Waals surface area contributed by atoms with Gasteiger partial charge in [-0.15, -0.1) is 0 Å². The molecule has 0 aliphatic carbocycles. The standard InChI is InChI=1S/C11H6F5NO3S/c12-10(13)20-8-2-6(21-11(14,15)16)1-5(4-17)7(8)3-9(18)19/h1-2,10H,3H2,(H,18,19). The van der Waals surface area contributed by atoms with Crippen molar-refractivity contribution in [2.75, 3.05) is 0 Å². The van der Waals surface area contributed by atoms with Gasteiger partial charge < -0.3 is 9.84 Å². The normalized spacial score (nSPS) is 11.3. The van der Waals surface area contributed by atoms with Crippen molar-refractivity contribution >= 4 is 17.7 Å². The first-order valence-electron chi connectivity index (χ1n) is 5.11. The van der Waals surface area contributed by atoms with Crippen molar-refractivity contribution in [1.29, 1.82) is 5.26 Å². The molecule has 10 heteroatoms. The Hall–Kier alpha value is -2.02. The average molecular weight is 327 g/mol. The molecule has 0 aliphatic heterocycles. The zero-order valence-electron chi connectivity index (χ0n) is 9.95. The van der Waals surface area contributed by atoms with Crippen molar-refractivity contribution in [2.24, 2.45) is 0 Å². The number of hydrogen-bond acceptors (Lipinski definition) is 4. The van der Waals surface area contributed by atoms with Gasteiger partial charge in [-0.05, 0) is 23.9 Å². The summed E-state index contributed by atoms with van der Waals surface area (Å²) < 4.78 is 65.4. The van der Waals surface area contributed by atoms with Crippen LogP contribution < -0.4 is 4.74 Å². The van der Waals surface area contributed by atoms with Gasteiger partial charge >= 0.3 is 18.1 Å². The maximum absolute atomic E-state index is 12.3. The third-order valence-corrected chi connectivity index (χ3v) is 2.78. The molecule has 0 radical (unpaired) electrons. The van der Waals surface area contributed by atoms with Crippen LogP contribution in [-0.4, -0.2) is 23.2 Å². The summed E-state index contributed by atoms with van der Waals surface area (Å²) in [5, 5.41) is 17.5. The van der Waals surface area contributed by atoms with Gasteiger partial charge in [0.25, 0.3) is 0 Å². The fraction of sp³-hybridized carbons (Fsp3) is 0.273. The molecule has 1 rings (SSSR count). The predicted octanol–water partition coefficient (Wildman–Crippen LogP) is 3.40. The van der Waals surface area contributed by atoms with Crippen molar-refractivity contribution in [3.63, 3.8) is 0 Å². The first-order chi connectivity index (χ1) is 9.62. The van der Waals surface area contributed by atoms with Gasteiger partial charge in [-0.2, -0.15) is 27.2 Å². The summed E-state index contributed by atoms with van der Waals surface area (Å²) in [6.45, 7) is -3.37. The third-order valence-electron chi connectivity index (χ3n) is 2.08. The topological polar surface area (TPSA) is 70.3 Å². The lowest BCUT2D eigenvalue weighted by Gasteiger charge is -2.14. The number of nitrogens with zero attached hydrogens (tertiary/aromatic N) is 1. The molecular formula is C11H6F5NO3S. The summed E-state index contributed by atoms with van der Waals surface area (Å²) in [4.78, 5) is 10.1. The molecule has 0 aliphatic rings. The van der Waals surface area contributed by atoms with Crippen LogP contribution in [0, 0.1) is 11.3 Å². The van der Waals surface area contributed by atoms with Gasteiger partial charge in [0.1, 0.15) is 5.75 Å². The third kappa shape index (κ3) is 5.47. The van der Waals surface area contributed by atoms with E-state index in [0.717, 1.165) is 6.07 Å². The molecule has 0 atom stereocenters. The SMILES string of the molecule is N#Cc1cc(SC(F)(F)F)cc(OC(F)F)c1CC(=O)O. The number of benzene rings is 1. The van der Waals surface area contributed by atoms with Gasteiger partial charge in [0.05, 0.1) is 18.1 Å². The molecule has 0 amide bonds. The molecular weight excluding hydrogens is 321 g/mol. The lowest BCUT2D eigenvalue weighted by molar-refractivity contribution is -0.136. The Bertz CT molecular complexity index is 582. The van der Waals surface area contributed by atoms with Crippen LogP contribution >= 0.6 is 11.8 Å².